The van der Waals surface area contributed by atoms with Gasteiger partial charge in [-0.15, -0.1) is 0 Å². The maximum atomic E-state index is 12.6. The summed E-state index contributed by atoms with van der Waals surface area (Å²) in [6, 6.07) is 9.04. The van der Waals surface area contributed by atoms with Crippen LogP contribution in [0, 0.1) is 0 Å². The molecule has 0 amide bonds. The summed E-state index contributed by atoms with van der Waals surface area (Å²) in [6.07, 6.45) is 0.954. The third-order valence-corrected chi connectivity index (χ3v) is 3.71. The van der Waals surface area contributed by atoms with E-state index in [0.29, 0.717) is 18.4 Å². The van der Waals surface area contributed by atoms with Crippen LogP contribution in [0.25, 0.3) is 0 Å². The van der Waals surface area contributed by atoms with Crippen LogP contribution in [0.4, 0.5) is 0 Å². The van der Waals surface area contributed by atoms with Gasteiger partial charge in [0.15, 0.2) is 0 Å². The van der Waals surface area contributed by atoms with Crippen molar-refractivity contribution >= 4 is 17.9 Å². The van der Waals surface area contributed by atoms with E-state index >= 15 is 0 Å². The highest BCUT2D eigenvalue weighted by molar-refractivity contribution is 6.06. The molecule has 0 aliphatic rings. The maximum Gasteiger partial charge on any atom is 0.355 e. The molecule has 0 saturated heterocycles. The lowest BCUT2D eigenvalue weighted by molar-refractivity contribution is 0.0462. The van der Waals surface area contributed by atoms with E-state index in [1.165, 1.54) is 0 Å². The first-order valence-corrected chi connectivity index (χ1v) is 8.35. The Bertz CT molecular complexity index is 794. The Morgan fingerprint density at radius 2 is 1.69 bits per heavy atom. The second kappa shape index (κ2) is 8.84. The Morgan fingerprint density at radius 1 is 1.00 bits per heavy atom. The quantitative estimate of drug-likeness (QED) is 0.701. The minimum atomic E-state index is -1.34. The zero-order chi connectivity index (χ0) is 19.1. The number of benzene rings is 1. The standard InChI is InChI=1S/C19H21NO6/c1-3-8-13-14(18(23)26-11-12-9-6-5-7-10-12)16(17(21)22)20-15(13)19(24)25-4-2/h5-7,9-10,20H,3-4,8,11H2,1-2H3,(H,21,22). The lowest BCUT2D eigenvalue weighted by atomic mass is 10.0. The van der Waals surface area contributed by atoms with Gasteiger partial charge in [0.2, 0.25) is 0 Å². The molecule has 2 aromatic rings. The fourth-order valence-corrected chi connectivity index (χ4v) is 2.60. The summed E-state index contributed by atoms with van der Waals surface area (Å²) >= 11 is 0. The number of esters is 2. The Balaban J connectivity index is 2.38. The topological polar surface area (TPSA) is 106 Å². The molecule has 7 heteroatoms. The van der Waals surface area contributed by atoms with Gasteiger partial charge in [0.25, 0.3) is 0 Å². The highest BCUT2D eigenvalue weighted by Gasteiger charge is 2.30. The molecule has 0 atom stereocenters. The number of ether oxygens (including phenoxy) is 2. The number of rotatable bonds is 8. The lowest BCUT2D eigenvalue weighted by Gasteiger charge is -2.08. The molecule has 2 N–H and O–H groups in total. The molecule has 0 bridgehead atoms. The Hall–Kier alpha value is -3.09. The summed E-state index contributed by atoms with van der Waals surface area (Å²) in [6.45, 7) is 3.65. The molecule has 0 saturated carbocycles. The third kappa shape index (κ3) is 4.30. The smallest absolute Gasteiger partial charge is 0.355 e. The van der Waals surface area contributed by atoms with Gasteiger partial charge >= 0.3 is 17.9 Å². The number of carboxylic acids is 1. The van der Waals surface area contributed by atoms with Crippen LogP contribution in [0.15, 0.2) is 30.3 Å². The number of carbonyl (C=O) groups excluding carboxylic acids is 2. The Kier molecular flexibility index (Phi) is 6.54. The van der Waals surface area contributed by atoms with Crippen LogP contribution in [-0.4, -0.2) is 34.6 Å². The highest BCUT2D eigenvalue weighted by atomic mass is 16.5. The van der Waals surface area contributed by atoms with Crippen LogP contribution >= 0.6 is 0 Å². The van der Waals surface area contributed by atoms with E-state index in [0.717, 1.165) is 5.56 Å². The molecular weight excluding hydrogens is 338 g/mol. The average Bonchev–Trinajstić information content (AvgIpc) is 3.01. The second-order valence-electron chi connectivity index (χ2n) is 5.57. The minimum Gasteiger partial charge on any atom is -0.477 e. The second-order valence-corrected chi connectivity index (χ2v) is 5.57. The van der Waals surface area contributed by atoms with Crippen molar-refractivity contribution < 1.29 is 29.0 Å². The third-order valence-electron chi connectivity index (χ3n) is 3.71. The number of hydrogen-bond donors (Lipinski definition) is 2. The van der Waals surface area contributed by atoms with Crippen molar-refractivity contribution in [3.63, 3.8) is 0 Å². The number of H-pyrrole nitrogens is 1. The zero-order valence-electron chi connectivity index (χ0n) is 14.7. The number of aromatic nitrogens is 1. The van der Waals surface area contributed by atoms with Crippen LogP contribution in [0.3, 0.4) is 0 Å². The van der Waals surface area contributed by atoms with Gasteiger partial charge < -0.3 is 19.6 Å². The van der Waals surface area contributed by atoms with Crippen molar-refractivity contribution in [3.05, 3.63) is 58.4 Å². The molecule has 0 radical (unpaired) electrons. The highest BCUT2D eigenvalue weighted by Crippen LogP contribution is 2.24. The van der Waals surface area contributed by atoms with Gasteiger partial charge in [-0.2, -0.15) is 0 Å². The van der Waals surface area contributed by atoms with Crippen molar-refractivity contribution in [2.24, 2.45) is 0 Å². The number of nitrogens with one attached hydrogen (secondary N) is 1. The number of carbonyl (C=O) groups is 3. The van der Waals surface area contributed by atoms with Crippen molar-refractivity contribution in [2.45, 2.75) is 33.3 Å². The average molecular weight is 359 g/mol. The van der Waals surface area contributed by atoms with Gasteiger partial charge in [-0.1, -0.05) is 43.7 Å². The number of aromatic amines is 1. The van der Waals surface area contributed by atoms with Crippen LogP contribution in [-0.2, 0) is 22.5 Å². The molecular formula is C19H21NO6. The van der Waals surface area contributed by atoms with Crippen LogP contribution in [0.5, 0.6) is 0 Å². The summed E-state index contributed by atoms with van der Waals surface area (Å²) in [5.41, 5.74) is 0.572. The molecule has 1 aromatic heterocycles. The van der Waals surface area contributed by atoms with Gasteiger partial charge in [-0.25, -0.2) is 14.4 Å². The van der Waals surface area contributed by atoms with Crippen LogP contribution in [0.2, 0.25) is 0 Å². The van der Waals surface area contributed by atoms with Crippen molar-refractivity contribution in [1.82, 2.24) is 4.98 Å². The predicted molar refractivity (Wildman–Crippen MR) is 93.3 cm³/mol. The van der Waals surface area contributed by atoms with Gasteiger partial charge in [0, 0.05) is 0 Å². The SMILES string of the molecule is CCCc1c(C(=O)OCC)[nH]c(C(=O)O)c1C(=O)OCc1ccccc1. The summed E-state index contributed by atoms with van der Waals surface area (Å²) in [4.78, 5) is 38.8. The molecule has 0 aliphatic heterocycles. The summed E-state index contributed by atoms with van der Waals surface area (Å²) < 4.78 is 10.2. The lowest BCUT2D eigenvalue weighted by Crippen LogP contribution is -2.13. The predicted octanol–water partition coefficient (Wildman–Crippen LogP) is 3.20. The Labute approximate surface area is 150 Å². The van der Waals surface area contributed by atoms with Crippen molar-refractivity contribution in [1.29, 1.82) is 0 Å². The normalized spacial score (nSPS) is 10.4. The van der Waals surface area contributed by atoms with E-state index in [1.807, 2.05) is 25.1 Å². The number of carboxylic acid groups (broad SMARTS) is 1. The molecule has 0 spiro atoms. The molecule has 7 nitrogen and oxygen atoms in total. The minimum absolute atomic E-state index is 0.00418. The first-order valence-electron chi connectivity index (χ1n) is 8.35. The summed E-state index contributed by atoms with van der Waals surface area (Å²) in [5, 5.41) is 9.43. The van der Waals surface area contributed by atoms with E-state index in [-0.39, 0.29) is 30.2 Å². The Morgan fingerprint density at radius 3 is 2.27 bits per heavy atom. The molecule has 1 aromatic carbocycles. The monoisotopic (exact) mass is 359 g/mol. The van der Waals surface area contributed by atoms with Gasteiger partial charge in [0.1, 0.15) is 18.0 Å². The molecule has 26 heavy (non-hydrogen) atoms. The molecule has 0 aliphatic carbocycles. The van der Waals surface area contributed by atoms with Gasteiger partial charge in [0.05, 0.1) is 12.2 Å². The fraction of sp³-hybridized carbons (Fsp3) is 0.316. The maximum absolute atomic E-state index is 12.6. The molecule has 1 heterocycles. The summed E-state index contributed by atoms with van der Waals surface area (Å²) in [5.74, 6) is -2.83. The van der Waals surface area contributed by atoms with E-state index in [9.17, 15) is 19.5 Å². The molecule has 0 fully saturated rings. The van der Waals surface area contributed by atoms with E-state index in [1.54, 1.807) is 19.1 Å². The van der Waals surface area contributed by atoms with Crippen LogP contribution in [0.1, 0.15) is 62.7 Å². The largest absolute Gasteiger partial charge is 0.477 e. The van der Waals surface area contributed by atoms with E-state index in [2.05, 4.69) is 4.98 Å². The van der Waals surface area contributed by atoms with Gasteiger partial charge in [-0.3, -0.25) is 0 Å². The van der Waals surface area contributed by atoms with Crippen LogP contribution < -0.4 is 0 Å². The first kappa shape index (κ1) is 19.2. The molecule has 138 valence electrons. The van der Waals surface area contributed by atoms with E-state index in [4.69, 9.17) is 9.47 Å². The summed E-state index contributed by atoms with van der Waals surface area (Å²) in [7, 11) is 0. The fourth-order valence-electron chi connectivity index (χ4n) is 2.60. The molecule has 0 unspecified atom stereocenters. The van der Waals surface area contributed by atoms with Crippen molar-refractivity contribution in [3.8, 4) is 0 Å². The van der Waals surface area contributed by atoms with E-state index < -0.39 is 17.9 Å². The number of aromatic carboxylic acids is 1. The van der Waals surface area contributed by atoms with Crippen molar-refractivity contribution in [2.75, 3.05) is 6.61 Å². The number of hydrogen-bond acceptors (Lipinski definition) is 5. The zero-order valence-corrected chi connectivity index (χ0v) is 14.7. The first-order chi connectivity index (χ1) is 12.5. The van der Waals surface area contributed by atoms with Gasteiger partial charge in [-0.05, 0) is 24.5 Å². The molecule has 2 rings (SSSR count).